The first-order valence-electron chi connectivity index (χ1n) is 8.10. The summed E-state index contributed by atoms with van der Waals surface area (Å²) >= 11 is 0. The fraction of sp³-hybridized carbons (Fsp3) is 0.400. The molecular formula is C20H27N. The summed E-state index contributed by atoms with van der Waals surface area (Å²) in [6.07, 6.45) is 1.19. The highest BCUT2D eigenvalue weighted by molar-refractivity contribution is 5.68. The number of nitrogens with one attached hydrogen (secondary N) is 1. The van der Waals surface area contributed by atoms with Crippen LogP contribution in [-0.4, -0.2) is 6.54 Å². The molecule has 0 aliphatic heterocycles. The second-order valence-corrected chi connectivity index (χ2v) is 5.80. The minimum atomic E-state index is 0.375. The van der Waals surface area contributed by atoms with Crippen molar-refractivity contribution >= 4 is 0 Å². The largest absolute Gasteiger partial charge is 0.310 e. The molecule has 21 heavy (non-hydrogen) atoms. The third kappa shape index (κ3) is 3.74. The molecule has 0 radical (unpaired) electrons. The average molecular weight is 281 g/mol. The minimum absolute atomic E-state index is 0.375. The van der Waals surface area contributed by atoms with E-state index in [4.69, 9.17) is 0 Å². The van der Waals surface area contributed by atoms with E-state index in [-0.39, 0.29) is 0 Å². The van der Waals surface area contributed by atoms with Crippen molar-refractivity contribution < 1.29 is 0 Å². The van der Waals surface area contributed by atoms with Crippen LogP contribution in [0.4, 0.5) is 0 Å². The van der Waals surface area contributed by atoms with Crippen molar-refractivity contribution in [1.29, 1.82) is 0 Å². The van der Waals surface area contributed by atoms with Gasteiger partial charge in [0.15, 0.2) is 0 Å². The van der Waals surface area contributed by atoms with Gasteiger partial charge in [-0.1, -0.05) is 69.3 Å². The Morgan fingerprint density at radius 1 is 0.905 bits per heavy atom. The Balaban J connectivity index is 2.33. The lowest BCUT2D eigenvalue weighted by Gasteiger charge is -2.18. The first kappa shape index (κ1) is 15.8. The Morgan fingerprint density at radius 3 is 2.19 bits per heavy atom. The van der Waals surface area contributed by atoms with Crippen molar-refractivity contribution in [2.75, 3.05) is 6.54 Å². The molecule has 0 saturated carbocycles. The van der Waals surface area contributed by atoms with E-state index in [1.807, 2.05) is 0 Å². The van der Waals surface area contributed by atoms with Crippen LogP contribution < -0.4 is 5.32 Å². The Bertz CT molecular complexity index is 556. The van der Waals surface area contributed by atoms with Gasteiger partial charge in [-0.05, 0) is 48.1 Å². The molecule has 2 aromatic carbocycles. The highest BCUT2D eigenvalue weighted by atomic mass is 14.9. The van der Waals surface area contributed by atoms with Gasteiger partial charge in [-0.25, -0.2) is 0 Å². The highest BCUT2D eigenvalue weighted by Gasteiger charge is 2.11. The van der Waals surface area contributed by atoms with E-state index in [9.17, 15) is 0 Å². The van der Waals surface area contributed by atoms with Crippen molar-refractivity contribution in [2.45, 2.75) is 46.1 Å². The van der Waals surface area contributed by atoms with Crippen LogP contribution in [-0.2, 0) is 0 Å². The summed E-state index contributed by atoms with van der Waals surface area (Å²) in [6, 6.07) is 18.2. The molecule has 0 fully saturated rings. The quantitative estimate of drug-likeness (QED) is 0.733. The minimum Gasteiger partial charge on any atom is -0.310 e. The third-order valence-electron chi connectivity index (χ3n) is 4.34. The van der Waals surface area contributed by atoms with Gasteiger partial charge in [-0.15, -0.1) is 0 Å². The summed E-state index contributed by atoms with van der Waals surface area (Å²) in [6.45, 7) is 9.90. The fourth-order valence-electron chi connectivity index (χ4n) is 2.78. The van der Waals surface area contributed by atoms with E-state index in [0.717, 1.165) is 6.54 Å². The molecular weight excluding hydrogens is 254 g/mol. The summed E-state index contributed by atoms with van der Waals surface area (Å²) < 4.78 is 0. The van der Waals surface area contributed by atoms with Crippen molar-refractivity contribution in [3.63, 3.8) is 0 Å². The van der Waals surface area contributed by atoms with Crippen LogP contribution in [0.15, 0.2) is 48.5 Å². The van der Waals surface area contributed by atoms with Crippen molar-refractivity contribution in [2.24, 2.45) is 0 Å². The molecule has 2 unspecified atom stereocenters. The maximum Gasteiger partial charge on any atom is 0.0297 e. The maximum absolute atomic E-state index is 3.51. The Morgan fingerprint density at radius 2 is 1.57 bits per heavy atom. The average Bonchev–Trinajstić information content (AvgIpc) is 2.54. The van der Waals surface area contributed by atoms with Crippen molar-refractivity contribution in [3.8, 4) is 11.1 Å². The predicted molar refractivity (Wildman–Crippen MR) is 92.7 cm³/mol. The molecule has 0 spiro atoms. The first-order chi connectivity index (χ1) is 10.2. The number of benzene rings is 2. The predicted octanol–water partition coefficient (Wildman–Crippen LogP) is 5.54. The summed E-state index contributed by atoms with van der Waals surface area (Å²) in [5, 5.41) is 3.51. The number of hydrogen-bond donors (Lipinski definition) is 1. The molecule has 1 N–H and O–H groups in total. The van der Waals surface area contributed by atoms with E-state index < -0.39 is 0 Å². The molecule has 0 heterocycles. The summed E-state index contributed by atoms with van der Waals surface area (Å²) in [4.78, 5) is 0. The zero-order valence-electron chi connectivity index (χ0n) is 13.7. The van der Waals surface area contributed by atoms with Gasteiger partial charge in [0, 0.05) is 6.04 Å². The number of hydrogen-bond acceptors (Lipinski definition) is 1. The van der Waals surface area contributed by atoms with Crippen LogP contribution in [0.1, 0.15) is 57.2 Å². The van der Waals surface area contributed by atoms with Gasteiger partial charge in [-0.3, -0.25) is 0 Å². The second-order valence-electron chi connectivity index (χ2n) is 5.80. The Hall–Kier alpha value is -1.60. The van der Waals surface area contributed by atoms with Crippen LogP contribution in [0.2, 0.25) is 0 Å². The molecule has 0 aliphatic carbocycles. The molecule has 0 saturated heterocycles. The topological polar surface area (TPSA) is 12.0 Å². The van der Waals surface area contributed by atoms with Crippen LogP contribution in [0, 0.1) is 0 Å². The SMILES string of the molecule is CCNC(C)c1ccccc1-c1ccc(C(C)CC)cc1. The molecule has 0 amide bonds. The summed E-state index contributed by atoms with van der Waals surface area (Å²) in [7, 11) is 0. The molecule has 0 aromatic heterocycles. The van der Waals surface area contributed by atoms with Crippen molar-refractivity contribution in [3.05, 3.63) is 59.7 Å². The van der Waals surface area contributed by atoms with Crippen LogP contribution in [0.25, 0.3) is 11.1 Å². The fourth-order valence-corrected chi connectivity index (χ4v) is 2.78. The summed E-state index contributed by atoms with van der Waals surface area (Å²) in [5.74, 6) is 0.634. The van der Waals surface area contributed by atoms with Crippen LogP contribution >= 0.6 is 0 Å². The second kappa shape index (κ2) is 7.42. The standard InChI is InChI=1S/C20H27N/c1-5-15(3)17-11-13-18(14-12-17)20-10-8-7-9-19(20)16(4)21-6-2/h7-16,21H,5-6H2,1-4H3. The molecule has 1 nitrogen and oxygen atoms in total. The van der Waals surface area contributed by atoms with Gasteiger partial charge < -0.3 is 5.32 Å². The lowest BCUT2D eigenvalue weighted by Crippen LogP contribution is -2.18. The van der Waals surface area contributed by atoms with Gasteiger partial charge in [0.05, 0.1) is 0 Å². The maximum atomic E-state index is 3.51. The first-order valence-corrected chi connectivity index (χ1v) is 8.10. The van der Waals surface area contributed by atoms with Gasteiger partial charge in [0.1, 0.15) is 0 Å². The highest BCUT2D eigenvalue weighted by Crippen LogP contribution is 2.29. The van der Waals surface area contributed by atoms with E-state index >= 15 is 0 Å². The molecule has 2 aromatic rings. The number of rotatable bonds is 6. The zero-order chi connectivity index (χ0) is 15.2. The molecule has 112 valence electrons. The monoisotopic (exact) mass is 281 g/mol. The van der Waals surface area contributed by atoms with Crippen LogP contribution in [0.5, 0.6) is 0 Å². The molecule has 2 atom stereocenters. The van der Waals surface area contributed by atoms with E-state index in [0.29, 0.717) is 12.0 Å². The van der Waals surface area contributed by atoms with Gasteiger partial charge in [-0.2, -0.15) is 0 Å². The Labute approximate surface area is 129 Å². The van der Waals surface area contributed by atoms with Crippen molar-refractivity contribution in [1.82, 2.24) is 5.32 Å². The lowest BCUT2D eigenvalue weighted by molar-refractivity contribution is 0.599. The molecule has 0 bridgehead atoms. The smallest absolute Gasteiger partial charge is 0.0297 e. The van der Waals surface area contributed by atoms with Gasteiger partial charge in [0.2, 0.25) is 0 Å². The van der Waals surface area contributed by atoms with Gasteiger partial charge >= 0.3 is 0 Å². The van der Waals surface area contributed by atoms with E-state index in [2.05, 4.69) is 81.5 Å². The van der Waals surface area contributed by atoms with E-state index in [1.54, 1.807) is 0 Å². The zero-order valence-corrected chi connectivity index (χ0v) is 13.7. The normalized spacial score (nSPS) is 13.9. The van der Waals surface area contributed by atoms with E-state index in [1.165, 1.54) is 28.7 Å². The van der Waals surface area contributed by atoms with Gasteiger partial charge in [0.25, 0.3) is 0 Å². The lowest BCUT2D eigenvalue weighted by atomic mass is 9.92. The molecule has 2 rings (SSSR count). The Kier molecular flexibility index (Phi) is 5.58. The summed E-state index contributed by atoms with van der Waals surface area (Å²) in [5.41, 5.74) is 5.44. The molecule has 0 aliphatic rings. The van der Waals surface area contributed by atoms with Crippen LogP contribution in [0.3, 0.4) is 0 Å². The third-order valence-corrected chi connectivity index (χ3v) is 4.34. The molecule has 1 heteroatoms.